The summed E-state index contributed by atoms with van der Waals surface area (Å²) >= 11 is 11.9. The van der Waals surface area contributed by atoms with Crippen molar-refractivity contribution in [1.29, 1.82) is 0 Å². The number of amides is 1. The van der Waals surface area contributed by atoms with Crippen LogP contribution in [0.3, 0.4) is 0 Å². The molecule has 1 heterocycles. The summed E-state index contributed by atoms with van der Waals surface area (Å²) in [6.45, 7) is 2.42. The number of nitrogens with zero attached hydrogens (tertiary/aromatic N) is 1. The molecular formula is C11H11Cl2NO2. The molecule has 0 radical (unpaired) electrons. The van der Waals surface area contributed by atoms with E-state index in [-0.39, 0.29) is 5.91 Å². The largest absolute Gasteiger partial charge is 0.369 e. The van der Waals surface area contributed by atoms with Gasteiger partial charge in [0.25, 0.3) is 5.91 Å². The second-order valence-electron chi connectivity index (χ2n) is 3.69. The maximum atomic E-state index is 12.0. The molecule has 0 spiro atoms. The van der Waals surface area contributed by atoms with E-state index < -0.39 is 6.23 Å². The summed E-state index contributed by atoms with van der Waals surface area (Å²) in [6, 6.07) is 3.16. The van der Waals surface area contributed by atoms with E-state index in [0.717, 1.165) is 6.42 Å². The van der Waals surface area contributed by atoms with Crippen LogP contribution in [0.5, 0.6) is 0 Å². The average molecular weight is 260 g/mol. The van der Waals surface area contributed by atoms with E-state index in [1.807, 2.05) is 6.92 Å². The Kier molecular flexibility index (Phi) is 3.10. The quantitative estimate of drug-likeness (QED) is 0.888. The number of rotatable bonds is 2. The van der Waals surface area contributed by atoms with E-state index in [0.29, 0.717) is 27.7 Å². The number of carbonyl (C=O) groups excluding carboxylic acids is 1. The summed E-state index contributed by atoms with van der Waals surface area (Å²) in [5, 5.41) is 10.7. The summed E-state index contributed by atoms with van der Waals surface area (Å²) in [5.74, 6) is -0.253. The van der Waals surface area contributed by atoms with Crippen molar-refractivity contribution >= 4 is 29.1 Å². The summed E-state index contributed by atoms with van der Waals surface area (Å²) in [4.78, 5) is 13.4. The Hall–Kier alpha value is -0.770. The second kappa shape index (κ2) is 4.24. The van der Waals surface area contributed by atoms with E-state index in [4.69, 9.17) is 23.2 Å². The minimum atomic E-state index is -0.978. The molecule has 86 valence electrons. The third kappa shape index (κ3) is 1.59. The molecule has 16 heavy (non-hydrogen) atoms. The molecule has 0 aliphatic carbocycles. The lowest BCUT2D eigenvalue weighted by molar-refractivity contribution is 0.0178. The summed E-state index contributed by atoms with van der Waals surface area (Å²) in [6.07, 6.45) is -0.208. The number of carbonyl (C=O) groups is 1. The fourth-order valence-corrected chi connectivity index (χ4v) is 2.41. The van der Waals surface area contributed by atoms with Gasteiger partial charge in [0.1, 0.15) is 0 Å². The fourth-order valence-electron chi connectivity index (χ4n) is 1.91. The van der Waals surface area contributed by atoms with Crippen LogP contribution in [0.25, 0.3) is 0 Å². The molecule has 0 aromatic heterocycles. The molecule has 0 saturated heterocycles. The number of fused-ring (bicyclic) bond motifs is 1. The van der Waals surface area contributed by atoms with Gasteiger partial charge in [-0.15, -0.1) is 0 Å². The van der Waals surface area contributed by atoms with Crippen LogP contribution in [0, 0.1) is 0 Å². The van der Waals surface area contributed by atoms with Crippen LogP contribution in [0.2, 0.25) is 10.0 Å². The minimum Gasteiger partial charge on any atom is -0.369 e. The SMILES string of the molecule is CCCN1C(=O)c2c(Cl)ccc(Cl)c2C1O. The van der Waals surface area contributed by atoms with Crippen molar-refractivity contribution < 1.29 is 9.90 Å². The van der Waals surface area contributed by atoms with Gasteiger partial charge in [-0.05, 0) is 18.6 Å². The van der Waals surface area contributed by atoms with Gasteiger partial charge < -0.3 is 10.0 Å². The first kappa shape index (κ1) is 11.7. The Balaban J connectivity index is 2.54. The van der Waals surface area contributed by atoms with Crippen LogP contribution < -0.4 is 0 Å². The number of aliphatic hydroxyl groups is 1. The molecule has 1 atom stereocenters. The van der Waals surface area contributed by atoms with Gasteiger partial charge in [0.05, 0.1) is 10.6 Å². The summed E-state index contributed by atoms with van der Waals surface area (Å²) in [7, 11) is 0. The first-order valence-corrected chi connectivity index (χ1v) is 5.80. The van der Waals surface area contributed by atoms with Crippen LogP contribution in [0.1, 0.15) is 35.5 Å². The Morgan fingerprint density at radius 1 is 1.38 bits per heavy atom. The van der Waals surface area contributed by atoms with Gasteiger partial charge in [-0.25, -0.2) is 0 Å². The molecule has 1 amide bonds. The zero-order valence-electron chi connectivity index (χ0n) is 8.70. The van der Waals surface area contributed by atoms with Gasteiger partial charge in [0, 0.05) is 17.1 Å². The molecule has 1 aromatic rings. The highest BCUT2D eigenvalue weighted by Gasteiger charge is 2.38. The fraction of sp³-hybridized carbons (Fsp3) is 0.364. The maximum Gasteiger partial charge on any atom is 0.258 e. The van der Waals surface area contributed by atoms with Crippen molar-refractivity contribution in [3.05, 3.63) is 33.3 Å². The number of halogens is 2. The van der Waals surface area contributed by atoms with E-state index in [1.54, 1.807) is 12.1 Å². The molecule has 3 nitrogen and oxygen atoms in total. The Morgan fingerprint density at radius 3 is 2.56 bits per heavy atom. The Morgan fingerprint density at radius 2 is 2.00 bits per heavy atom. The highest BCUT2D eigenvalue weighted by Crippen LogP contribution is 2.40. The van der Waals surface area contributed by atoms with Crippen LogP contribution in [0.15, 0.2) is 12.1 Å². The standard InChI is InChI=1S/C11H11Cl2NO2/c1-2-5-14-10(15)8-6(12)3-4-7(13)9(8)11(14)16/h3-4,10,15H,2,5H2,1H3. The predicted octanol–water partition coefficient (Wildman–Crippen LogP) is 2.85. The van der Waals surface area contributed by atoms with Crippen LogP contribution in [-0.4, -0.2) is 22.5 Å². The van der Waals surface area contributed by atoms with Crippen molar-refractivity contribution in [1.82, 2.24) is 4.90 Å². The van der Waals surface area contributed by atoms with Gasteiger partial charge in [0.15, 0.2) is 6.23 Å². The first-order valence-electron chi connectivity index (χ1n) is 5.04. The number of aliphatic hydroxyl groups excluding tert-OH is 1. The maximum absolute atomic E-state index is 12.0. The van der Waals surface area contributed by atoms with Gasteiger partial charge in [-0.3, -0.25) is 4.79 Å². The topological polar surface area (TPSA) is 40.5 Å². The zero-order chi connectivity index (χ0) is 11.9. The van der Waals surface area contributed by atoms with Gasteiger partial charge in [0.2, 0.25) is 0 Å². The molecular weight excluding hydrogens is 249 g/mol. The Labute approximate surface area is 104 Å². The van der Waals surface area contributed by atoms with Gasteiger partial charge >= 0.3 is 0 Å². The molecule has 0 bridgehead atoms. The lowest BCUT2D eigenvalue weighted by Gasteiger charge is -2.19. The second-order valence-corrected chi connectivity index (χ2v) is 4.50. The third-order valence-electron chi connectivity index (χ3n) is 2.63. The highest BCUT2D eigenvalue weighted by atomic mass is 35.5. The Bertz CT molecular complexity index is 448. The van der Waals surface area contributed by atoms with Crippen LogP contribution in [-0.2, 0) is 0 Å². The van der Waals surface area contributed by atoms with Crippen molar-refractivity contribution in [3.8, 4) is 0 Å². The van der Waals surface area contributed by atoms with Crippen LogP contribution >= 0.6 is 23.2 Å². The number of hydrogen-bond donors (Lipinski definition) is 1. The summed E-state index contributed by atoms with van der Waals surface area (Å²) in [5.41, 5.74) is 0.753. The van der Waals surface area contributed by atoms with E-state index in [1.165, 1.54) is 4.90 Å². The van der Waals surface area contributed by atoms with Gasteiger partial charge in [-0.2, -0.15) is 0 Å². The molecule has 0 saturated carbocycles. The monoisotopic (exact) mass is 259 g/mol. The minimum absolute atomic E-state index is 0.253. The third-order valence-corrected chi connectivity index (χ3v) is 3.28. The van der Waals surface area contributed by atoms with Crippen molar-refractivity contribution in [2.45, 2.75) is 19.6 Å². The first-order chi connectivity index (χ1) is 7.57. The molecule has 2 rings (SSSR count). The van der Waals surface area contributed by atoms with E-state index in [2.05, 4.69) is 0 Å². The normalized spacial score (nSPS) is 19.1. The van der Waals surface area contributed by atoms with E-state index in [9.17, 15) is 9.90 Å². The smallest absolute Gasteiger partial charge is 0.258 e. The summed E-state index contributed by atoms with van der Waals surface area (Å²) < 4.78 is 0. The molecule has 5 heteroatoms. The van der Waals surface area contributed by atoms with E-state index >= 15 is 0 Å². The van der Waals surface area contributed by atoms with Crippen molar-refractivity contribution in [2.75, 3.05) is 6.54 Å². The molecule has 1 aromatic carbocycles. The number of benzene rings is 1. The highest BCUT2D eigenvalue weighted by molar-refractivity contribution is 6.37. The van der Waals surface area contributed by atoms with Crippen molar-refractivity contribution in [2.24, 2.45) is 0 Å². The molecule has 1 aliphatic heterocycles. The average Bonchev–Trinajstić information content (AvgIpc) is 2.50. The predicted molar refractivity (Wildman–Crippen MR) is 62.7 cm³/mol. The molecule has 1 N–H and O–H groups in total. The lowest BCUT2D eigenvalue weighted by atomic mass is 10.1. The molecule has 1 unspecified atom stereocenters. The molecule has 1 aliphatic rings. The van der Waals surface area contributed by atoms with Crippen LogP contribution in [0.4, 0.5) is 0 Å². The van der Waals surface area contributed by atoms with Crippen molar-refractivity contribution in [3.63, 3.8) is 0 Å². The van der Waals surface area contributed by atoms with Gasteiger partial charge in [-0.1, -0.05) is 30.1 Å². The zero-order valence-corrected chi connectivity index (χ0v) is 10.2. The lowest BCUT2D eigenvalue weighted by Crippen LogP contribution is -2.28. The number of hydrogen-bond acceptors (Lipinski definition) is 2. The molecule has 0 fully saturated rings.